The van der Waals surface area contributed by atoms with Crippen molar-refractivity contribution >= 4 is 5.97 Å². The van der Waals surface area contributed by atoms with Crippen molar-refractivity contribution in [1.82, 2.24) is 4.90 Å². The fourth-order valence-electron chi connectivity index (χ4n) is 1.83. The molecule has 0 aromatic heterocycles. The summed E-state index contributed by atoms with van der Waals surface area (Å²) in [5, 5.41) is 0. The maximum Gasteiger partial charge on any atom is 0.335 e. The van der Waals surface area contributed by atoms with Gasteiger partial charge in [-0.2, -0.15) is 0 Å². The van der Waals surface area contributed by atoms with Crippen LogP contribution in [0, 0.1) is 0 Å². The summed E-state index contributed by atoms with van der Waals surface area (Å²) >= 11 is 0. The van der Waals surface area contributed by atoms with Gasteiger partial charge in [0.05, 0.1) is 12.2 Å². The summed E-state index contributed by atoms with van der Waals surface area (Å²) in [4.78, 5) is 13.4. The number of esters is 1. The van der Waals surface area contributed by atoms with Crippen molar-refractivity contribution < 1.29 is 9.53 Å². The standard InChI is InChI=1S/C10H15NO2/c12-10-9(4-7-13-10)8-11-5-2-1-3-6-11/h8H,1-7H2. The molecule has 2 aliphatic heterocycles. The quantitative estimate of drug-likeness (QED) is 0.451. The molecule has 2 fully saturated rings. The number of hydrogen-bond acceptors (Lipinski definition) is 3. The number of likely N-dealkylation sites (tertiary alicyclic amines) is 1. The molecular weight excluding hydrogens is 166 g/mol. The topological polar surface area (TPSA) is 29.5 Å². The van der Waals surface area contributed by atoms with Crippen LogP contribution in [0.2, 0.25) is 0 Å². The summed E-state index contributed by atoms with van der Waals surface area (Å²) in [5.41, 5.74) is 0.849. The summed E-state index contributed by atoms with van der Waals surface area (Å²) in [6.45, 7) is 2.76. The Labute approximate surface area is 78.4 Å². The van der Waals surface area contributed by atoms with E-state index in [1.165, 1.54) is 19.3 Å². The van der Waals surface area contributed by atoms with Gasteiger partial charge in [0.15, 0.2) is 0 Å². The molecule has 3 heteroatoms. The molecule has 2 aliphatic rings. The van der Waals surface area contributed by atoms with Gasteiger partial charge < -0.3 is 9.64 Å². The van der Waals surface area contributed by atoms with E-state index in [2.05, 4.69) is 4.90 Å². The average molecular weight is 181 g/mol. The molecule has 0 unspecified atom stereocenters. The second-order valence-electron chi connectivity index (χ2n) is 3.64. The Bertz CT molecular complexity index is 229. The first-order valence-corrected chi connectivity index (χ1v) is 4.98. The molecule has 2 rings (SSSR count). The number of carbonyl (C=O) groups is 1. The van der Waals surface area contributed by atoms with Gasteiger partial charge in [0.1, 0.15) is 0 Å². The Morgan fingerprint density at radius 1 is 1.23 bits per heavy atom. The second-order valence-corrected chi connectivity index (χ2v) is 3.64. The number of carbonyl (C=O) groups excluding carboxylic acids is 1. The molecule has 0 aliphatic carbocycles. The van der Waals surface area contributed by atoms with Crippen LogP contribution in [0.3, 0.4) is 0 Å². The Morgan fingerprint density at radius 3 is 2.62 bits per heavy atom. The van der Waals surface area contributed by atoms with Gasteiger partial charge in [-0.15, -0.1) is 0 Å². The zero-order chi connectivity index (χ0) is 9.10. The predicted octanol–water partition coefficient (Wildman–Crippen LogP) is 1.30. The molecule has 3 nitrogen and oxygen atoms in total. The molecule has 2 heterocycles. The molecule has 0 bridgehead atoms. The number of nitrogens with zero attached hydrogens (tertiary/aromatic N) is 1. The normalized spacial score (nSPS) is 26.6. The monoisotopic (exact) mass is 181 g/mol. The van der Waals surface area contributed by atoms with E-state index in [-0.39, 0.29) is 5.97 Å². The third-order valence-electron chi connectivity index (χ3n) is 2.60. The minimum Gasteiger partial charge on any atom is -0.462 e. The van der Waals surface area contributed by atoms with Gasteiger partial charge in [-0.25, -0.2) is 4.79 Å². The SMILES string of the molecule is O=C1OCCC1=CN1CCCCC1. The second kappa shape index (κ2) is 3.81. The van der Waals surface area contributed by atoms with Crippen molar-refractivity contribution in [2.75, 3.05) is 19.7 Å². The Hall–Kier alpha value is -0.990. The number of ether oxygens (including phenoxy) is 1. The van der Waals surface area contributed by atoms with Gasteiger partial charge in [-0.3, -0.25) is 0 Å². The number of hydrogen-bond donors (Lipinski definition) is 0. The molecule has 0 amide bonds. The highest BCUT2D eigenvalue weighted by atomic mass is 16.5. The van der Waals surface area contributed by atoms with Gasteiger partial charge >= 0.3 is 5.97 Å². The van der Waals surface area contributed by atoms with Crippen LogP contribution in [0.5, 0.6) is 0 Å². The van der Waals surface area contributed by atoms with Crippen LogP contribution >= 0.6 is 0 Å². The molecule has 72 valence electrons. The summed E-state index contributed by atoms with van der Waals surface area (Å²) < 4.78 is 4.87. The smallest absolute Gasteiger partial charge is 0.335 e. The van der Waals surface area contributed by atoms with Crippen LogP contribution in [-0.4, -0.2) is 30.6 Å². The number of rotatable bonds is 1. The fraction of sp³-hybridized carbons (Fsp3) is 0.700. The third kappa shape index (κ3) is 2.02. The van der Waals surface area contributed by atoms with Crippen LogP contribution in [0.4, 0.5) is 0 Å². The zero-order valence-corrected chi connectivity index (χ0v) is 7.79. The highest BCUT2D eigenvalue weighted by Crippen LogP contribution is 2.16. The van der Waals surface area contributed by atoms with Gasteiger partial charge in [0.2, 0.25) is 0 Å². The van der Waals surface area contributed by atoms with Crippen molar-refractivity contribution in [1.29, 1.82) is 0 Å². The molecule has 0 spiro atoms. The molecule has 0 aromatic rings. The first-order chi connectivity index (χ1) is 6.36. The number of cyclic esters (lactones) is 1. The predicted molar refractivity (Wildman–Crippen MR) is 49.1 cm³/mol. The summed E-state index contributed by atoms with van der Waals surface area (Å²) in [6, 6.07) is 0. The Kier molecular flexibility index (Phi) is 2.52. The molecule has 0 atom stereocenters. The molecule has 0 radical (unpaired) electrons. The van der Waals surface area contributed by atoms with Crippen molar-refractivity contribution in [3.05, 3.63) is 11.8 Å². The maximum atomic E-state index is 11.1. The molecule has 0 N–H and O–H groups in total. The van der Waals surface area contributed by atoms with Crippen molar-refractivity contribution in [3.63, 3.8) is 0 Å². The Balaban J connectivity index is 1.96. The first kappa shape index (κ1) is 8.60. The van der Waals surface area contributed by atoms with Gasteiger partial charge in [-0.05, 0) is 19.3 Å². The van der Waals surface area contributed by atoms with E-state index in [4.69, 9.17) is 4.74 Å². The lowest BCUT2D eigenvalue weighted by Crippen LogP contribution is -2.25. The van der Waals surface area contributed by atoms with Crippen LogP contribution in [0.15, 0.2) is 11.8 Å². The Morgan fingerprint density at radius 2 is 2.00 bits per heavy atom. The van der Waals surface area contributed by atoms with Crippen molar-refractivity contribution in [3.8, 4) is 0 Å². The summed E-state index contributed by atoms with van der Waals surface area (Å²) in [7, 11) is 0. The van der Waals surface area contributed by atoms with E-state index in [1.807, 2.05) is 6.20 Å². The van der Waals surface area contributed by atoms with E-state index in [0.29, 0.717) is 6.61 Å². The molecule has 0 saturated carbocycles. The molecular formula is C10H15NO2. The van der Waals surface area contributed by atoms with E-state index in [0.717, 1.165) is 25.1 Å². The molecule has 13 heavy (non-hydrogen) atoms. The van der Waals surface area contributed by atoms with Crippen LogP contribution in [-0.2, 0) is 9.53 Å². The van der Waals surface area contributed by atoms with E-state index < -0.39 is 0 Å². The van der Waals surface area contributed by atoms with Gasteiger partial charge in [0.25, 0.3) is 0 Å². The van der Waals surface area contributed by atoms with E-state index in [1.54, 1.807) is 0 Å². The van der Waals surface area contributed by atoms with Crippen LogP contribution in [0.25, 0.3) is 0 Å². The van der Waals surface area contributed by atoms with Crippen molar-refractivity contribution in [2.24, 2.45) is 0 Å². The highest BCUT2D eigenvalue weighted by molar-refractivity contribution is 5.90. The lowest BCUT2D eigenvalue weighted by Gasteiger charge is -2.25. The van der Waals surface area contributed by atoms with E-state index >= 15 is 0 Å². The van der Waals surface area contributed by atoms with Gasteiger partial charge in [0, 0.05) is 25.7 Å². The minimum atomic E-state index is -0.120. The first-order valence-electron chi connectivity index (χ1n) is 4.98. The van der Waals surface area contributed by atoms with Crippen LogP contribution in [0.1, 0.15) is 25.7 Å². The zero-order valence-electron chi connectivity index (χ0n) is 7.79. The number of piperidine rings is 1. The minimum absolute atomic E-state index is 0.120. The van der Waals surface area contributed by atoms with Crippen LogP contribution < -0.4 is 0 Å². The average Bonchev–Trinajstić information content (AvgIpc) is 2.54. The summed E-state index contributed by atoms with van der Waals surface area (Å²) in [6.07, 6.45) is 6.60. The summed E-state index contributed by atoms with van der Waals surface area (Å²) in [5.74, 6) is -0.120. The molecule has 2 saturated heterocycles. The van der Waals surface area contributed by atoms with Gasteiger partial charge in [-0.1, -0.05) is 0 Å². The highest BCUT2D eigenvalue weighted by Gasteiger charge is 2.19. The lowest BCUT2D eigenvalue weighted by molar-refractivity contribution is -0.135. The lowest BCUT2D eigenvalue weighted by atomic mass is 10.1. The fourth-order valence-corrected chi connectivity index (χ4v) is 1.83. The van der Waals surface area contributed by atoms with E-state index in [9.17, 15) is 4.79 Å². The molecule has 0 aromatic carbocycles. The maximum absolute atomic E-state index is 11.1. The largest absolute Gasteiger partial charge is 0.462 e. The van der Waals surface area contributed by atoms with Crippen molar-refractivity contribution in [2.45, 2.75) is 25.7 Å². The third-order valence-corrected chi connectivity index (χ3v) is 2.60.